The van der Waals surface area contributed by atoms with E-state index in [9.17, 15) is 14.4 Å². The maximum atomic E-state index is 12.4. The smallest absolute Gasteiger partial charge is 0.261 e. The van der Waals surface area contributed by atoms with Gasteiger partial charge in [-0.1, -0.05) is 24.3 Å². The van der Waals surface area contributed by atoms with Gasteiger partial charge in [-0.05, 0) is 24.3 Å². The summed E-state index contributed by atoms with van der Waals surface area (Å²) in [7, 11) is 1.57. The minimum atomic E-state index is -0.413. The van der Waals surface area contributed by atoms with E-state index in [2.05, 4.69) is 11.9 Å². The van der Waals surface area contributed by atoms with Crippen molar-refractivity contribution in [3.63, 3.8) is 0 Å². The summed E-state index contributed by atoms with van der Waals surface area (Å²) in [6, 6.07) is 11.9. The molecular formula is C20H18N2O4. The molecule has 3 amide bonds. The monoisotopic (exact) mass is 350 g/mol. The number of methoxy groups -OCH3 is 1. The first-order chi connectivity index (χ1) is 12.6. The van der Waals surface area contributed by atoms with Crippen molar-refractivity contribution in [2.75, 3.05) is 13.7 Å². The first-order valence-electron chi connectivity index (χ1n) is 8.08. The van der Waals surface area contributed by atoms with Gasteiger partial charge >= 0.3 is 0 Å². The average Bonchev–Trinajstić information content (AvgIpc) is 2.91. The third-order valence-corrected chi connectivity index (χ3v) is 4.18. The minimum Gasteiger partial charge on any atom is -0.496 e. The van der Waals surface area contributed by atoms with Crippen molar-refractivity contribution in [2.45, 2.75) is 6.54 Å². The third-order valence-electron chi connectivity index (χ3n) is 4.18. The molecule has 0 spiro atoms. The highest BCUT2D eigenvalue weighted by Crippen LogP contribution is 2.24. The molecule has 26 heavy (non-hydrogen) atoms. The van der Waals surface area contributed by atoms with Crippen molar-refractivity contribution < 1.29 is 19.1 Å². The minimum absolute atomic E-state index is 0.141. The Morgan fingerprint density at radius 1 is 1.15 bits per heavy atom. The topological polar surface area (TPSA) is 75.7 Å². The van der Waals surface area contributed by atoms with Gasteiger partial charge in [-0.3, -0.25) is 19.3 Å². The zero-order chi connectivity index (χ0) is 18.7. The molecule has 0 unspecified atom stereocenters. The second-order valence-corrected chi connectivity index (χ2v) is 5.76. The van der Waals surface area contributed by atoms with Crippen molar-refractivity contribution in [3.8, 4) is 5.75 Å². The summed E-state index contributed by atoms with van der Waals surface area (Å²) in [6.45, 7) is 3.98. The van der Waals surface area contributed by atoms with Crippen molar-refractivity contribution in [3.05, 3.63) is 77.4 Å². The molecule has 0 atom stereocenters. The molecule has 0 aliphatic carbocycles. The number of para-hydroxylation sites is 1. The van der Waals surface area contributed by atoms with Crippen LogP contribution in [0.3, 0.4) is 0 Å². The van der Waals surface area contributed by atoms with Gasteiger partial charge in [0.25, 0.3) is 17.7 Å². The van der Waals surface area contributed by atoms with Crippen molar-refractivity contribution >= 4 is 17.7 Å². The number of nitrogens with zero attached hydrogens (tertiary/aromatic N) is 1. The number of rotatable bonds is 6. The van der Waals surface area contributed by atoms with Gasteiger partial charge in [0.15, 0.2) is 0 Å². The van der Waals surface area contributed by atoms with Crippen LogP contribution in [0.5, 0.6) is 5.75 Å². The summed E-state index contributed by atoms with van der Waals surface area (Å²) in [6.07, 6.45) is 1.49. The molecule has 1 aliphatic rings. The lowest BCUT2D eigenvalue weighted by atomic mass is 10.1. The quantitative estimate of drug-likeness (QED) is 0.641. The highest BCUT2D eigenvalue weighted by molar-refractivity contribution is 6.22. The Bertz CT molecular complexity index is 904. The summed E-state index contributed by atoms with van der Waals surface area (Å²) >= 11 is 0. The molecule has 2 aromatic carbocycles. The standard InChI is InChI=1S/C20H18N2O4/c1-3-10-22-19(24)15-9-8-13(11-16(15)20(22)25)18(23)21-12-14-6-4-5-7-17(14)26-2/h3-9,11H,1,10,12H2,2H3,(H,21,23). The van der Waals surface area contributed by atoms with Gasteiger partial charge in [0.1, 0.15) is 5.75 Å². The molecule has 0 aromatic heterocycles. The fraction of sp³-hybridized carbons (Fsp3) is 0.150. The molecular weight excluding hydrogens is 332 g/mol. The molecule has 0 fully saturated rings. The van der Waals surface area contributed by atoms with Gasteiger partial charge in [0, 0.05) is 24.2 Å². The van der Waals surface area contributed by atoms with Crippen LogP contribution in [-0.4, -0.2) is 36.3 Å². The molecule has 1 N–H and O–H groups in total. The van der Waals surface area contributed by atoms with E-state index < -0.39 is 5.91 Å². The number of imide groups is 1. The number of hydrogen-bond acceptors (Lipinski definition) is 4. The summed E-state index contributed by atoms with van der Waals surface area (Å²) in [5, 5.41) is 2.80. The lowest BCUT2D eigenvalue weighted by Gasteiger charge is -2.10. The predicted octanol–water partition coefficient (Wildman–Crippen LogP) is 2.41. The van der Waals surface area contributed by atoms with Gasteiger partial charge in [-0.25, -0.2) is 0 Å². The van der Waals surface area contributed by atoms with E-state index in [0.717, 1.165) is 10.5 Å². The van der Waals surface area contributed by atoms with Crippen LogP contribution in [0.25, 0.3) is 0 Å². The Morgan fingerprint density at radius 2 is 1.88 bits per heavy atom. The summed E-state index contributed by atoms with van der Waals surface area (Å²) < 4.78 is 5.26. The molecule has 3 rings (SSSR count). The van der Waals surface area contributed by atoms with Crippen LogP contribution >= 0.6 is 0 Å². The van der Waals surface area contributed by atoms with Crippen LogP contribution in [0, 0.1) is 0 Å². The lowest BCUT2D eigenvalue weighted by molar-refractivity contribution is 0.0672. The van der Waals surface area contributed by atoms with E-state index in [1.807, 2.05) is 24.3 Å². The first kappa shape index (κ1) is 17.4. The van der Waals surface area contributed by atoms with Gasteiger partial charge in [-0.15, -0.1) is 6.58 Å². The van der Waals surface area contributed by atoms with Crippen molar-refractivity contribution in [1.29, 1.82) is 0 Å². The number of fused-ring (bicyclic) bond motifs is 1. The van der Waals surface area contributed by atoms with Crippen LogP contribution in [-0.2, 0) is 6.54 Å². The number of carbonyl (C=O) groups excluding carboxylic acids is 3. The number of amides is 3. The molecule has 0 bridgehead atoms. The van der Waals surface area contributed by atoms with Crippen LogP contribution in [0.2, 0.25) is 0 Å². The Morgan fingerprint density at radius 3 is 2.62 bits per heavy atom. The fourth-order valence-electron chi connectivity index (χ4n) is 2.85. The van der Waals surface area contributed by atoms with Crippen molar-refractivity contribution in [2.24, 2.45) is 0 Å². The van der Waals surface area contributed by atoms with E-state index in [0.29, 0.717) is 16.9 Å². The van der Waals surface area contributed by atoms with Gasteiger partial charge < -0.3 is 10.1 Å². The Balaban J connectivity index is 1.77. The van der Waals surface area contributed by atoms with Crippen LogP contribution in [0.15, 0.2) is 55.1 Å². The van der Waals surface area contributed by atoms with Crippen LogP contribution in [0.1, 0.15) is 36.6 Å². The van der Waals surface area contributed by atoms with E-state index in [4.69, 9.17) is 4.74 Å². The zero-order valence-corrected chi connectivity index (χ0v) is 14.3. The maximum Gasteiger partial charge on any atom is 0.261 e. The highest BCUT2D eigenvalue weighted by atomic mass is 16.5. The number of nitrogens with one attached hydrogen (secondary N) is 1. The number of benzene rings is 2. The zero-order valence-electron chi connectivity index (χ0n) is 14.3. The molecule has 1 heterocycles. The summed E-state index contributed by atoms with van der Waals surface area (Å²) in [5.41, 5.74) is 1.70. The molecule has 0 radical (unpaired) electrons. The molecule has 6 nitrogen and oxygen atoms in total. The molecule has 2 aromatic rings. The fourth-order valence-corrected chi connectivity index (χ4v) is 2.85. The molecule has 1 aliphatic heterocycles. The Hall–Kier alpha value is -3.41. The normalized spacial score (nSPS) is 12.7. The third kappa shape index (κ3) is 3.09. The van der Waals surface area contributed by atoms with Gasteiger partial charge in [-0.2, -0.15) is 0 Å². The lowest BCUT2D eigenvalue weighted by Crippen LogP contribution is -2.29. The maximum absolute atomic E-state index is 12.4. The predicted molar refractivity (Wildman–Crippen MR) is 96.2 cm³/mol. The van der Waals surface area contributed by atoms with E-state index in [1.165, 1.54) is 18.2 Å². The average molecular weight is 350 g/mol. The van der Waals surface area contributed by atoms with Gasteiger partial charge in [0.05, 0.1) is 18.2 Å². The van der Waals surface area contributed by atoms with Crippen LogP contribution in [0.4, 0.5) is 0 Å². The summed E-state index contributed by atoms with van der Waals surface area (Å²) in [5.74, 6) is -0.432. The summed E-state index contributed by atoms with van der Waals surface area (Å²) in [4.78, 5) is 38.1. The largest absolute Gasteiger partial charge is 0.496 e. The van der Waals surface area contributed by atoms with E-state index in [1.54, 1.807) is 13.2 Å². The molecule has 0 saturated heterocycles. The first-order valence-corrected chi connectivity index (χ1v) is 8.08. The SMILES string of the molecule is C=CCN1C(=O)c2ccc(C(=O)NCc3ccccc3OC)cc2C1=O. The van der Waals surface area contributed by atoms with Crippen LogP contribution < -0.4 is 10.1 Å². The number of carbonyl (C=O) groups is 3. The number of ether oxygens (including phenoxy) is 1. The molecule has 0 saturated carbocycles. The Kier molecular flexibility index (Phi) is 4.84. The van der Waals surface area contributed by atoms with Gasteiger partial charge in [0.2, 0.25) is 0 Å². The highest BCUT2D eigenvalue weighted by Gasteiger charge is 2.35. The van der Waals surface area contributed by atoms with Crippen molar-refractivity contribution in [1.82, 2.24) is 10.2 Å². The molecule has 6 heteroatoms. The van der Waals surface area contributed by atoms with E-state index in [-0.39, 0.29) is 30.5 Å². The second-order valence-electron chi connectivity index (χ2n) is 5.76. The Labute approximate surface area is 151 Å². The molecule has 132 valence electrons. The number of hydrogen-bond donors (Lipinski definition) is 1. The van der Waals surface area contributed by atoms with E-state index >= 15 is 0 Å². The second kappa shape index (κ2) is 7.23.